The average molecular weight is 314 g/mol. The van der Waals surface area contributed by atoms with Crippen molar-refractivity contribution < 1.29 is 4.74 Å². The van der Waals surface area contributed by atoms with Crippen molar-refractivity contribution in [1.29, 1.82) is 0 Å². The molecule has 1 aliphatic carbocycles. The van der Waals surface area contributed by atoms with Crippen LogP contribution in [0.2, 0.25) is 0 Å². The molecule has 3 heterocycles. The monoisotopic (exact) mass is 314 g/mol. The summed E-state index contributed by atoms with van der Waals surface area (Å²) in [5, 5.41) is 0. The Hall–Kier alpha value is -1.06. The maximum absolute atomic E-state index is 5.66. The molecule has 0 N–H and O–H groups in total. The zero-order valence-corrected chi connectivity index (χ0v) is 14.4. The second kappa shape index (κ2) is 6.82. The highest BCUT2D eigenvalue weighted by atomic mass is 16.5. The first-order chi connectivity index (χ1) is 11.3. The molecule has 3 heteroatoms. The fourth-order valence-electron chi connectivity index (χ4n) is 4.42. The summed E-state index contributed by atoms with van der Waals surface area (Å²) < 4.78 is 5.66. The Morgan fingerprint density at radius 3 is 2.83 bits per heavy atom. The molecule has 0 aromatic heterocycles. The van der Waals surface area contributed by atoms with Gasteiger partial charge in [-0.25, -0.2) is 0 Å². The van der Waals surface area contributed by atoms with Crippen molar-refractivity contribution >= 4 is 0 Å². The molecule has 0 spiro atoms. The Morgan fingerprint density at radius 2 is 2.00 bits per heavy atom. The van der Waals surface area contributed by atoms with Crippen molar-refractivity contribution in [1.82, 2.24) is 9.80 Å². The molecule has 3 nitrogen and oxygen atoms in total. The number of fused-ring (bicyclic) bond motifs is 4. The lowest BCUT2D eigenvalue weighted by molar-refractivity contribution is 0.125. The summed E-state index contributed by atoms with van der Waals surface area (Å²) >= 11 is 0. The van der Waals surface area contributed by atoms with Crippen LogP contribution < -0.4 is 4.74 Å². The van der Waals surface area contributed by atoms with Crippen LogP contribution in [0.25, 0.3) is 0 Å². The van der Waals surface area contributed by atoms with Gasteiger partial charge in [0.15, 0.2) is 0 Å². The van der Waals surface area contributed by atoms with Gasteiger partial charge in [0.05, 0.1) is 6.61 Å². The van der Waals surface area contributed by atoms with Gasteiger partial charge in [-0.1, -0.05) is 12.1 Å². The molecule has 4 fully saturated rings. The number of hydrogen-bond acceptors (Lipinski definition) is 3. The number of hydrogen-bond donors (Lipinski definition) is 0. The number of nitrogens with zero attached hydrogens (tertiary/aromatic N) is 2. The molecule has 2 bridgehead atoms. The predicted octanol–water partition coefficient (Wildman–Crippen LogP) is 3.39. The highest BCUT2D eigenvalue weighted by Crippen LogP contribution is 2.35. The van der Waals surface area contributed by atoms with Gasteiger partial charge in [0.25, 0.3) is 0 Å². The second-order valence-corrected chi connectivity index (χ2v) is 7.77. The summed E-state index contributed by atoms with van der Waals surface area (Å²) in [6.07, 6.45) is 5.79. The zero-order chi connectivity index (χ0) is 15.6. The minimum atomic E-state index is 0.743. The SMILES string of the molecule is CCOc1cccc(CN2C[C@H]3CC[C@@H](C2)N(CC2CC2)C3)c1. The van der Waals surface area contributed by atoms with Crippen LogP contribution in [-0.4, -0.2) is 48.6 Å². The quantitative estimate of drug-likeness (QED) is 0.800. The Labute approximate surface area is 140 Å². The molecule has 0 unspecified atom stereocenters. The first-order valence-corrected chi connectivity index (χ1v) is 9.48. The van der Waals surface area contributed by atoms with Gasteiger partial charge in [0.1, 0.15) is 5.75 Å². The summed E-state index contributed by atoms with van der Waals surface area (Å²) in [5.74, 6) is 2.91. The minimum Gasteiger partial charge on any atom is -0.494 e. The van der Waals surface area contributed by atoms with Crippen LogP contribution in [0.1, 0.15) is 38.2 Å². The summed E-state index contributed by atoms with van der Waals surface area (Å²) in [6, 6.07) is 9.46. The van der Waals surface area contributed by atoms with Crippen LogP contribution in [0.15, 0.2) is 24.3 Å². The third kappa shape index (κ3) is 3.89. The van der Waals surface area contributed by atoms with E-state index in [4.69, 9.17) is 4.74 Å². The van der Waals surface area contributed by atoms with E-state index in [0.717, 1.165) is 36.8 Å². The third-order valence-corrected chi connectivity index (χ3v) is 5.71. The van der Waals surface area contributed by atoms with Crippen LogP contribution >= 0.6 is 0 Å². The smallest absolute Gasteiger partial charge is 0.119 e. The number of piperidine rings is 1. The van der Waals surface area contributed by atoms with Gasteiger partial charge in [-0.05, 0) is 62.1 Å². The van der Waals surface area contributed by atoms with Crippen molar-refractivity contribution in [2.24, 2.45) is 11.8 Å². The first kappa shape index (κ1) is 15.5. The molecule has 1 saturated carbocycles. The molecule has 23 heavy (non-hydrogen) atoms. The van der Waals surface area contributed by atoms with E-state index in [2.05, 4.69) is 34.1 Å². The van der Waals surface area contributed by atoms with E-state index in [-0.39, 0.29) is 0 Å². The van der Waals surface area contributed by atoms with E-state index < -0.39 is 0 Å². The van der Waals surface area contributed by atoms with Gasteiger partial charge in [0.2, 0.25) is 0 Å². The number of benzene rings is 1. The highest BCUT2D eigenvalue weighted by molar-refractivity contribution is 5.28. The Kier molecular flexibility index (Phi) is 4.59. The van der Waals surface area contributed by atoms with E-state index in [1.54, 1.807) is 0 Å². The second-order valence-electron chi connectivity index (χ2n) is 7.77. The topological polar surface area (TPSA) is 15.7 Å². The molecule has 1 aromatic carbocycles. The molecule has 3 aliphatic heterocycles. The first-order valence-electron chi connectivity index (χ1n) is 9.48. The molecule has 3 saturated heterocycles. The van der Waals surface area contributed by atoms with Crippen molar-refractivity contribution in [2.45, 2.75) is 45.2 Å². The van der Waals surface area contributed by atoms with Crippen LogP contribution in [-0.2, 0) is 6.54 Å². The average Bonchev–Trinajstić information content (AvgIpc) is 3.36. The number of ether oxygens (including phenoxy) is 1. The lowest BCUT2D eigenvalue weighted by Gasteiger charge is -2.36. The molecular formula is C20H30N2O. The summed E-state index contributed by atoms with van der Waals surface area (Å²) in [6.45, 7) is 9.11. The molecule has 126 valence electrons. The summed E-state index contributed by atoms with van der Waals surface area (Å²) in [7, 11) is 0. The largest absolute Gasteiger partial charge is 0.494 e. The Bertz CT molecular complexity index is 528. The zero-order valence-electron chi connectivity index (χ0n) is 14.4. The standard InChI is InChI=1S/C20H30N2O/c1-2-23-20-5-3-4-17(10-20)11-21-12-18-8-9-19(15-21)22(14-18)13-16-6-7-16/h3-5,10,16,18-19H,2,6-9,11-15H2,1H3/t18-,19+/m1/s1. The summed E-state index contributed by atoms with van der Waals surface area (Å²) in [4.78, 5) is 5.52. The van der Waals surface area contributed by atoms with Crippen LogP contribution in [0.4, 0.5) is 0 Å². The van der Waals surface area contributed by atoms with E-state index in [1.165, 1.54) is 57.4 Å². The molecular weight excluding hydrogens is 284 g/mol. The van der Waals surface area contributed by atoms with Gasteiger partial charge < -0.3 is 4.74 Å². The fraction of sp³-hybridized carbons (Fsp3) is 0.700. The van der Waals surface area contributed by atoms with Crippen molar-refractivity contribution in [3.8, 4) is 5.75 Å². The highest BCUT2D eigenvalue weighted by Gasteiger charge is 2.37. The molecule has 4 aliphatic rings. The molecule has 0 radical (unpaired) electrons. The van der Waals surface area contributed by atoms with Gasteiger partial charge in [-0.3, -0.25) is 9.80 Å². The Balaban J connectivity index is 1.40. The van der Waals surface area contributed by atoms with Crippen LogP contribution in [0.5, 0.6) is 5.75 Å². The van der Waals surface area contributed by atoms with E-state index in [9.17, 15) is 0 Å². The van der Waals surface area contributed by atoms with Gasteiger partial charge in [-0.15, -0.1) is 0 Å². The van der Waals surface area contributed by atoms with Crippen molar-refractivity contribution in [2.75, 3.05) is 32.8 Å². The molecule has 0 amide bonds. The van der Waals surface area contributed by atoms with Crippen molar-refractivity contribution in [3.05, 3.63) is 29.8 Å². The third-order valence-electron chi connectivity index (χ3n) is 5.71. The van der Waals surface area contributed by atoms with Gasteiger partial charge >= 0.3 is 0 Å². The van der Waals surface area contributed by atoms with Crippen LogP contribution in [0, 0.1) is 11.8 Å². The molecule has 5 rings (SSSR count). The van der Waals surface area contributed by atoms with Gasteiger partial charge in [-0.2, -0.15) is 0 Å². The fourth-order valence-corrected chi connectivity index (χ4v) is 4.42. The minimum absolute atomic E-state index is 0.743. The number of rotatable bonds is 6. The van der Waals surface area contributed by atoms with E-state index in [0.29, 0.717) is 0 Å². The molecule has 1 aromatic rings. The maximum Gasteiger partial charge on any atom is 0.119 e. The van der Waals surface area contributed by atoms with Crippen molar-refractivity contribution in [3.63, 3.8) is 0 Å². The van der Waals surface area contributed by atoms with Gasteiger partial charge in [0, 0.05) is 38.8 Å². The Morgan fingerprint density at radius 1 is 1.09 bits per heavy atom. The maximum atomic E-state index is 5.66. The summed E-state index contributed by atoms with van der Waals surface area (Å²) in [5.41, 5.74) is 1.39. The predicted molar refractivity (Wildman–Crippen MR) is 93.7 cm³/mol. The van der Waals surface area contributed by atoms with Crippen LogP contribution in [0.3, 0.4) is 0 Å². The van der Waals surface area contributed by atoms with E-state index in [1.807, 2.05) is 6.92 Å². The molecule has 2 atom stereocenters. The normalized spacial score (nSPS) is 28.7. The lowest BCUT2D eigenvalue weighted by atomic mass is 9.95. The lowest BCUT2D eigenvalue weighted by Crippen LogP contribution is -2.44. The van der Waals surface area contributed by atoms with E-state index >= 15 is 0 Å².